The number of aliphatic hydroxyl groups excluding tert-OH is 1. The topological polar surface area (TPSA) is 90.1 Å². The van der Waals surface area contributed by atoms with Crippen LogP contribution in [0.1, 0.15) is 87.0 Å². The number of ketones is 1. The number of nitrogens with zero attached hydrogens (tertiary/aromatic N) is 2. The van der Waals surface area contributed by atoms with Crippen LogP contribution in [0.4, 0.5) is 0 Å². The van der Waals surface area contributed by atoms with Crippen molar-refractivity contribution in [1.29, 1.82) is 0 Å². The van der Waals surface area contributed by atoms with Crippen LogP contribution in [0.15, 0.2) is 48.7 Å². The van der Waals surface area contributed by atoms with E-state index in [2.05, 4.69) is 4.98 Å². The maximum atomic E-state index is 13.7. The molecule has 2 atom stereocenters. The Bertz CT molecular complexity index is 1220. The van der Waals surface area contributed by atoms with E-state index in [1.54, 1.807) is 38.3 Å². The second kappa shape index (κ2) is 11.5. The van der Waals surface area contributed by atoms with Crippen molar-refractivity contribution in [3.8, 4) is 5.75 Å². The van der Waals surface area contributed by atoms with Gasteiger partial charge in [-0.2, -0.15) is 0 Å². The van der Waals surface area contributed by atoms with Gasteiger partial charge >= 0.3 is 5.97 Å². The molecule has 0 aliphatic heterocycles. The van der Waals surface area contributed by atoms with E-state index >= 15 is 0 Å². The molecule has 2 aromatic heterocycles. The van der Waals surface area contributed by atoms with Crippen LogP contribution in [0.3, 0.4) is 0 Å². The van der Waals surface area contributed by atoms with Gasteiger partial charge in [0.05, 0.1) is 12.3 Å². The first kappa shape index (κ1) is 26.9. The Kier molecular flexibility index (Phi) is 8.32. The predicted molar refractivity (Wildman–Crippen MR) is 142 cm³/mol. The number of rotatable bonds is 9. The van der Waals surface area contributed by atoms with Crippen LogP contribution < -0.4 is 4.74 Å². The Morgan fingerprint density at radius 3 is 2.46 bits per heavy atom. The third kappa shape index (κ3) is 6.58. The van der Waals surface area contributed by atoms with Gasteiger partial charge in [-0.1, -0.05) is 49.6 Å². The summed E-state index contributed by atoms with van der Waals surface area (Å²) in [4.78, 5) is 31.1. The van der Waals surface area contributed by atoms with Crippen molar-refractivity contribution in [2.24, 2.45) is 5.92 Å². The number of ether oxygens (including phenoxy) is 2. The molecule has 198 valence electrons. The molecule has 0 spiro atoms. The summed E-state index contributed by atoms with van der Waals surface area (Å²) in [6, 6.07) is 12.9. The molecule has 0 saturated heterocycles. The standard InChI is InChI=1S/C30H38N2O5/c1-20-26(32-17-11-16-25(28(32)31-20)36-19-21-12-7-5-8-13-21)24(33)18-23(22-14-9-6-10-15-22)27(34)29(35)37-30(2,3)4/h6,9-11,14-17,21,23,27,34H,5,7-8,12-13,18-19H2,1-4H3/t23-,27-/m1/s1. The Labute approximate surface area is 218 Å². The van der Waals surface area contributed by atoms with Gasteiger partial charge in [0.25, 0.3) is 0 Å². The fourth-order valence-corrected chi connectivity index (χ4v) is 5.10. The van der Waals surface area contributed by atoms with Crippen molar-refractivity contribution in [3.63, 3.8) is 0 Å². The number of fused-ring (bicyclic) bond motifs is 1. The third-order valence-corrected chi connectivity index (χ3v) is 6.91. The van der Waals surface area contributed by atoms with Gasteiger partial charge in [-0.3, -0.25) is 9.20 Å². The van der Waals surface area contributed by atoms with E-state index in [1.807, 2.05) is 42.5 Å². The molecule has 7 nitrogen and oxygen atoms in total. The lowest BCUT2D eigenvalue weighted by Gasteiger charge is -2.26. The van der Waals surface area contributed by atoms with Crippen molar-refractivity contribution in [1.82, 2.24) is 9.38 Å². The maximum Gasteiger partial charge on any atom is 0.336 e. The molecule has 1 saturated carbocycles. The van der Waals surface area contributed by atoms with Crippen LogP contribution in [0.5, 0.6) is 5.75 Å². The lowest BCUT2D eigenvalue weighted by Crippen LogP contribution is -2.36. The first-order valence-electron chi connectivity index (χ1n) is 13.2. The van der Waals surface area contributed by atoms with E-state index in [0.717, 1.165) is 0 Å². The molecule has 0 amide bonds. The van der Waals surface area contributed by atoms with Gasteiger partial charge in [-0.25, -0.2) is 9.78 Å². The SMILES string of the molecule is Cc1nc2c(OCC3CCCCC3)cccn2c1C(=O)C[C@H](c1ccccc1)[C@@H](O)C(=O)OC(C)(C)C. The number of aryl methyl sites for hydroxylation is 1. The maximum absolute atomic E-state index is 13.7. The van der Waals surface area contributed by atoms with Crippen molar-refractivity contribution < 1.29 is 24.2 Å². The van der Waals surface area contributed by atoms with E-state index in [9.17, 15) is 14.7 Å². The number of hydrogen-bond donors (Lipinski definition) is 1. The minimum Gasteiger partial charge on any atom is -0.489 e. The smallest absolute Gasteiger partial charge is 0.336 e. The highest BCUT2D eigenvalue weighted by Crippen LogP contribution is 2.31. The minimum absolute atomic E-state index is 0.0772. The van der Waals surface area contributed by atoms with Crippen LogP contribution in [0.25, 0.3) is 5.65 Å². The summed E-state index contributed by atoms with van der Waals surface area (Å²) < 4.78 is 13.4. The normalized spacial score (nSPS) is 16.4. The van der Waals surface area contributed by atoms with Gasteiger partial charge in [-0.05, 0) is 64.2 Å². The number of imidazole rings is 1. The molecule has 2 heterocycles. The van der Waals surface area contributed by atoms with E-state index in [4.69, 9.17) is 9.47 Å². The summed E-state index contributed by atoms with van der Waals surface area (Å²) in [5.74, 6) is -0.525. The lowest BCUT2D eigenvalue weighted by atomic mass is 9.87. The van der Waals surface area contributed by atoms with E-state index < -0.39 is 23.6 Å². The molecular formula is C30H38N2O5. The lowest BCUT2D eigenvalue weighted by molar-refractivity contribution is -0.166. The first-order valence-corrected chi connectivity index (χ1v) is 13.2. The summed E-state index contributed by atoms with van der Waals surface area (Å²) >= 11 is 0. The predicted octanol–water partition coefficient (Wildman–Crippen LogP) is 5.66. The molecule has 0 bridgehead atoms. The summed E-state index contributed by atoms with van der Waals surface area (Å²) in [7, 11) is 0. The van der Waals surface area contributed by atoms with Crippen LogP contribution in [-0.4, -0.2) is 44.6 Å². The zero-order valence-corrected chi connectivity index (χ0v) is 22.3. The second-order valence-electron chi connectivity index (χ2n) is 11.0. The molecular weight excluding hydrogens is 468 g/mol. The number of benzene rings is 1. The second-order valence-corrected chi connectivity index (χ2v) is 11.0. The highest BCUT2D eigenvalue weighted by Gasteiger charge is 2.34. The summed E-state index contributed by atoms with van der Waals surface area (Å²) in [5, 5.41) is 11.0. The van der Waals surface area contributed by atoms with E-state index in [-0.39, 0.29) is 12.2 Å². The van der Waals surface area contributed by atoms with Gasteiger partial charge in [0.2, 0.25) is 0 Å². The minimum atomic E-state index is -1.49. The summed E-state index contributed by atoms with van der Waals surface area (Å²) in [6.07, 6.45) is 6.39. The molecule has 3 aromatic rings. The largest absolute Gasteiger partial charge is 0.489 e. The average Bonchev–Trinajstić information content (AvgIpc) is 3.22. The fourth-order valence-electron chi connectivity index (χ4n) is 5.10. The van der Waals surface area contributed by atoms with Gasteiger partial charge < -0.3 is 14.6 Å². The zero-order valence-electron chi connectivity index (χ0n) is 22.3. The van der Waals surface area contributed by atoms with Crippen molar-refractivity contribution >= 4 is 17.4 Å². The van der Waals surface area contributed by atoms with Crippen LogP contribution >= 0.6 is 0 Å². The number of carbonyl (C=O) groups is 2. The van der Waals surface area contributed by atoms with Crippen molar-refractivity contribution in [2.45, 2.75) is 83.8 Å². The van der Waals surface area contributed by atoms with Crippen molar-refractivity contribution in [3.05, 3.63) is 65.6 Å². The first-order chi connectivity index (χ1) is 17.6. The van der Waals surface area contributed by atoms with Crippen LogP contribution in [-0.2, 0) is 9.53 Å². The van der Waals surface area contributed by atoms with Crippen LogP contribution in [0, 0.1) is 12.8 Å². The number of aliphatic hydroxyl groups is 1. The molecule has 37 heavy (non-hydrogen) atoms. The molecule has 1 N–H and O–H groups in total. The highest BCUT2D eigenvalue weighted by molar-refractivity contribution is 5.97. The highest BCUT2D eigenvalue weighted by atomic mass is 16.6. The zero-order chi connectivity index (χ0) is 26.6. The molecule has 7 heteroatoms. The third-order valence-electron chi connectivity index (χ3n) is 6.91. The Hall–Kier alpha value is -3.19. The molecule has 1 fully saturated rings. The van der Waals surface area contributed by atoms with Gasteiger partial charge in [0.15, 0.2) is 23.3 Å². The number of hydrogen-bond acceptors (Lipinski definition) is 6. The van der Waals surface area contributed by atoms with Gasteiger partial charge in [0, 0.05) is 18.5 Å². The monoisotopic (exact) mass is 506 g/mol. The van der Waals surface area contributed by atoms with E-state index in [0.29, 0.717) is 40.9 Å². The Morgan fingerprint density at radius 1 is 1.08 bits per heavy atom. The Balaban J connectivity index is 1.59. The number of esters is 1. The molecule has 1 aliphatic carbocycles. The summed E-state index contributed by atoms with van der Waals surface area (Å²) in [5.41, 5.74) is 1.54. The Morgan fingerprint density at radius 2 is 1.78 bits per heavy atom. The number of pyridine rings is 1. The number of Topliss-reactive ketones (excluding diaryl/α,β-unsaturated/α-hetero) is 1. The van der Waals surface area contributed by atoms with Crippen molar-refractivity contribution in [2.75, 3.05) is 6.61 Å². The van der Waals surface area contributed by atoms with E-state index in [1.165, 1.54) is 32.1 Å². The van der Waals surface area contributed by atoms with Gasteiger partial charge in [0.1, 0.15) is 11.3 Å². The van der Waals surface area contributed by atoms with Crippen LogP contribution in [0.2, 0.25) is 0 Å². The molecule has 1 aromatic carbocycles. The number of aromatic nitrogens is 2. The molecule has 0 unspecified atom stereocenters. The number of carbonyl (C=O) groups excluding carboxylic acids is 2. The fraction of sp³-hybridized carbons (Fsp3) is 0.500. The summed E-state index contributed by atoms with van der Waals surface area (Å²) in [6.45, 7) is 7.68. The molecule has 0 radical (unpaired) electrons. The molecule has 4 rings (SSSR count). The quantitative estimate of drug-likeness (QED) is 0.297. The molecule has 1 aliphatic rings. The van der Waals surface area contributed by atoms with Gasteiger partial charge in [-0.15, -0.1) is 0 Å². The average molecular weight is 507 g/mol.